The molecule has 2 unspecified atom stereocenters. The molecule has 2 fully saturated rings. The van der Waals surface area contributed by atoms with Crippen molar-refractivity contribution >= 4 is 27.3 Å². The molecule has 1 aromatic carbocycles. The number of hydrogen-bond donors (Lipinski definition) is 1. The van der Waals surface area contributed by atoms with Crippen LogP contribution in [-0.2, 0) is 4.74 Å². The fraction of sp³-hybridized carbons (Fsp3) is 0.647. The summed E-state index contributed by atoms with van der Waals surface area (Å²) in [6, 6.07) is 7.01. The molecule has 4 heteroatoms. The van der Waals surface area contributed by atoms with Crippen LogP contribution in [0.2, 0.25) is 0 Å². The summed E-state index contributed by atoms with van der Waals surface area (Å²) in [5.41, 5.74) is 2.86. The van der Waals surface area contributed by atoms with Crippen molar-refractivity contribution in [3.05, 3.63) is 22.7 Å². The van der Waals surface area contributed by atoms with Crippen LogP contribution < -0.4 is 10.2 Å². The smallest absolute Gasteiger partial charge is 0.0670 e. The summed E-state index contributed by atoms with van der Waals surface area (Å²) in [7, 11) is 4.19. The van der Waals surface area contributed by atoms with E-state index in [0.717, 1.165) is 17.5 Å². The molecule has 0 bridgehead atoms. The van der Waals surface area contributed by atoms with Crippen molar-refractivity contribution in [2.24, 2.45) is 5.41 Å². The van der Waals surface area contributed by atoms with Crippen molar-refractivity contribution in [1.29, 1.82) is 0 Å². The number of benzene rings is 1. The molecular formula is C17H25BrN2O. The Morgan fingerprint density at radius 1 is 1.38 bits per heavy atom. The van der Waals surface area contributed by atoms with Gasteiger partial charge in [0.1, 0.15) is 0 Å². The number of nitrogens with one attached hydrogen (secondary N) is 1. The largest absolute Gasteiger partial charge is 0.380 e. The van der Waals surface area contributed by atoms with Crippen LogP contribution >= 0.6 is 15.9 Å². The third kappa shape index (κ3) is 2.57. The Labute approximate surface area is 136 Å². The van der Waals surface area contributed by atoms with Gasteiger partial charge in [-0.05, 0) is 44.4 Å². The van der Waals surface area contributed by atoms with Gasteiger partial charge in [-0.3, -0.25) is 0 Å². The molecule has 0 heterocycles. The minimum Gasteiger partial charge on any atom is -0.380 e. The third-order valence-corrected chi connectivity index (χ3v) is 5.70. The summed E-state index contributed by atoms with van der Waals surface area (Å²) >= 11 is 3.59. The Balaban J connectivity index is 1.77. The zero-order valence-corrected chi connectivity index (χ0v) is 14.7. The summed E-state index contributed by atoms with van der Waals surface area (Å²) < 4.78 is 7.07. The summed E-state index contributed by atoms with van der Waals surface area (Å²) in [5.74, 6) is 0. The van der Waals surface area contributed by atoms with Gasteiger partial charge in [0.2, 0.25) is 0 Å². The standard InChI is InChI=1S/C17H25BrN2O/c1-4-21-16-11-15(17(16)8-5-9-17)19-13-10-12(18)6-7-14(13)20(2)3/h6-7,10,15-16,19H,4-5,8-9,11H2,1-3H3. The second kappa shape index (κ2) is 5.81. The Bertz CT molecular complexity index is 514. The van der Waals surface area contributed by atoms with E-state index in [2.05, 4.69) is 65.4 Å². The molecule has 116 valence electrons. The van der Waals surface area contributed by atoms with E-state index in [9.17, 15) is 0 Å². The fourth-order valence-electron chi connectivity index (χ4n) is 3.84. The molecule has 0 saturated heterocycles. The molecule has 1 spiro atoms. The Morgan fingerprint density at radius 3 is 2.71 bits per heavy atom. The van der Waals surface area contributed by atoms with Gasteiger partial charge >= 0.3 is 0 Å². The maximum atomic E-state index is 5.95. The van der Waals surface area contributed by atoms with Gasteiger partial charge in [-0.2, -0.15) is 0 Å². The van der Waals surface area contributed by atoms with E-state index in [4.69, 9.17) is 4.74 Å². The zero-order valence-electron chi connectivity index (χ0n) is 13.2. The van der Waals surface area contributed by atoms with Gasteiger partial charge in [-0.15, -0.1) is 0 Å². The van der Waals surface area contributed by atoms with Crippen LogP contribution in [0.15, 0.2) is 22.7 Å². The average molecular weight is 353 g/mol. The highest BCUT2D eigenvalue weighted by atomic mass is 79.9. The predicted molar refractivity (Wildman–Crippen MR) is 92.2 cm³/mol. The normalized spacial score (nSPS) is 26.1. The lowest BCUT2D eigenvalue weighted by Crippen LogP contribution is -2.64. The molecule has 1 N–H and O–H groups in total. The maximum Gasteiger partial charge on any atom is 0.0670 e. The minimum atomic E-state index is 0.391. The lowest BCUT2D eigenvalue weighted by atomic mass is 9.51. The highest BCUT2D eigenvalue weighted by Crippen LogP contribution is 2.58. The SMILES string of the molecule is CCOC1CC(Nc2cc(Br)ccc2N(C)C)C12CCC2. The molecule has 3 nitrogen and oxygen atoms in total. The second-order valence-electron chi connectivity index (χ2n) is 6.52. The number of halogens is 1. The Kier molecular flexibility index (Phi) is 4.19. The molecule has 2 aliphatic carbocycles. The number of rotatable bonds is 5. The second-order valence-corrected chi connectivity index (χ2v) is 7.43. The molecule has 2 aliphatic rings. The molecule has 3 rings (SSSR count). The van der Waals surface area contributed by atoms with Crippen LogP contribution in [0.3, 0.4) is 0 Å². The van der Waals surface area contributed by atoms with Gasteiger partial charge in [0.05, 0.1) is 17.5 Å². The van der Waals surface area contributed by atoms with Crippen LogP contribution in [0.4, 0.5) is 11.4 Å². The molecule has 2 atom stereocenters. The number of anilines is 2. The fourth-order valence-corrected chi connectivity index (χ4v) is 4.20. The van der Waals surface area contributed by atoms with Crippen molar-refractivity contribution in [3.63, 3.8) is 0 Å². The highest BCUT2D eigenvalue weighted by molar-refractivity contribution is 9.10. The first-order valence-electron chi connectivity index (χ1n) is 7.92. The quantitative estimate of drug-likeness (QED) is 0.855. The van der Waals surface area contributed by atoms with Crippen LogP contribution in [0.5, 0.6) is 0 Å². The van der Waals surface area contributed by atoms with Crippen LogP contribution in [0.1, 0.15) is 32.6 Å². The van der Waals surface area contributed by atoms with Crippen molar-refractivity contribution in [3.8, 4) is 0 Å². The van der Waals surface area contributed by atoms with E-state index in [1.165, 1.54) is 30.6 Å². The summed E-state index contributed by atoms with van der Waals surface area (Å²) in [6.45, 7) is 2.94. The number of nitrogens with zero attached hydrogens (tertiary/aromatic N) is 1. The van der Waals surface area contributed by atoms with Crippen LogP contribution in [-0.4, -0.2) is 32.8 Å². The molecule has 21 heavy (non-hydrogen) atoms. The number of ether oxygens (including phenoxy) is 1. The molecule has 2 saturated carbocycles. The summed E-state index contributed by atoms with van der Waals surface area (Å²) in [5, 5.41) is 3.80. The van der Waals surface area contributed by atoms with Gasteiger partial charge in [0.25, 0.3) is 0 Å². The van der Waals surface area contributed by atoms with E-state index < -0.39 is 0 Å². The van der Waals surface area contributed by atoms with Gasteiger partial charge in [-0.1, -0.05) is 22.4 Å². The van der Waals surface area contributed by atoms with Crippen molar-refractivity contribution in [1.82, 2.24) is 0 Å². The van der Waals surface area contributed by atoms with E-state index >= 15 is 0 Å². The predicted octanol–water partition coefficient (Wildman–Crippen LogP) is 4.27. The molecule has 1 aromatic rings. The molecule has 0 aromatic heterocycles. The van der Waals surface area contributed by atoms with Gasteiger partial charge in [0, 0.05) is 36.6 Å². The van der Waals surface area contributed by atoms with Gasteiger partial charge < -0.3 is 15.0 Å². The van der Waals surface area contributed by atoms with Crippen molar-refractivity contribution in [2.75, 3.05) is 30.9 Å². The average Bonchev–Trinajstić information content (AvgIpc) is 2.35. The molecule has 0 aliphatic heterocycles. The minimum absolute atomic E-state index is 0.391. The summed E-state index contributed by atoms with van der Waals surface area (Å²) in [6.07, 6.45) is 5.55. The monoisotopic (exact) mass is 352 g/mol. The summed E-state index contributed by atoms with van der Waals surface area (Å²) in [4.78, 5) is 2.17. The van der Waals surface area contributed by atoms with Crippen LogP contribution in [0, 0.1) is 5.41 Å². The maximum absolute atomic E-state index is 5.95. The Morgan fingerprint density at radius 2 is 2.14 bits per heavy atom. The van der Waals surface area contributed by atoms with E-state index in [1.807, 2.05) is 0 Å². The van der Waals surface area contributed by atoms with Crippen LogP contribution in [0.25, 0.3) is 0 Å². The van der Waals surface area contributed by atoms with Crippen molar-refractivity contribution in [2.45, 2.75) is 44.8 Å². The zero-order chi connectivity index (χ0) is 15.0. The van der Waals surface area contributed by atoms with Crippen molar-refractivity contribution < 1.29 is 4.74 Å². The van der Waals surface area contributed by atoms with Gasteiger partial charge in [0.15, 0.2) is 0 Å². The lowest BCUT2D eigenvalue weighted by molar-refractivity contribution is -0.157. The first-order valence-corrected chi connectivity index (χ1v) is 8.71. The first-order chi connectivity index (χ1) is 10.1. The first kappa shape index (κ1) is 15.2. The highest BCUT2D eigenvalue weighted by Gasteiger charge is 2.58. The molecule has 0 amide bonds. The van der Waals surface area contributed by atoms with Gasteiger partial charge in [-0.25, -0.2) is 0 Å². The van der Waals surface area contributed by atoms with E-state index in [0.29, 0.717) is 17.6 Å². The lowest BCUT2D eigenvalue weighted by Gasteiger charge is -2.61. The Hall–Kier alpha value is -0.740. The molecule has 0 radical (unpaired) electrons. The van der Waals surface area contributed by atoms with E-state index in [1.54, 1.807) is 0 Å². The van der Waals surface area contributed by atoms with E-state index in [-0.39, 0.29) is 0 Å². The molecular weight excluding hydrogens is 328 g/mol. The third-order valence-electron chi connectivity index (χ3n) is 5.21. The number of hydrogen-bond acceptors (Lipinski definition) is 3. The topological polar surface area (TPSA) is 24.5 Å².